The molecule has 5 nitrogen and oxygen atoms in total. The molecule has 1 unspecified atom stereocenters. The number of hydrogen-bond acceptors (Lipinski definition) is 4. The number of hydrogen-bond donors (Lipinski definition) is 1. The van der Waals surface area contributed by atoms with Gasteiger partial charge in [-0.3, -0.25) is 9.78 Å². The van der Waals surface area contributed by atoms with E-state index >= 15 is 4.39 Å². The van der Waals surface area contributed by atoms with E-state index in [9.17, 15) is 4.79 Å². The molecule has 6 heteroatoms. The summed E-state index contributed by atoms with van der Waals surface area (Å²) in [5.74, 6) is 0.0814. The molecule has 1 amide bonds. The monoisotopic (exact) mass is 412 g/mol. The second-order valence-corrected chi connectivity index (χ2v) is 8.41. The van der Waals surface area contributed by atoms with Crippen LogP contribution in [0.4, 0.5) is 4.39 Å². The summed E-state index contributed by atoms with van der Waals surface area (Å²) in [6.07, 6.45) is 7.10. The molecule has 1 aromatic heterocycles. The number of carbonyl (C=O) groups is 1. The molecule has 2 aliphatic rings. The lowest BCUT2D eigenvalue weighted by Crippen LogP contribution is -2.48. The van der Waals surface area contributed by atoms with E-state index in [4.69, 9.17) is 9.47 Å². The standard InChI is InChI=1S/C24H29FN2O3/c25-22-13-19(21-4-1-9-26-16-21)5-6-20(22)14-24(7-11-29-12-8-24)23(28)27-15-18-3-2-10-30-17-18/h1,4-6,9,13,16,18H,2-3,7-8,10-12,14-15,17H2,(H,27,28). The van der Waals surface area contributed by atoms with Gasteiger partial charge in [0.05, 0.1) is 12.0 Å². The van der Waals surface area contributed by atoms with Crippen LogP contribution in [-0.2, 0) is 20.7 Å². The third kappa shape index (κ3) is 4.87. The molecule has 1 N–H and O–H groups in total. The van der Waals surface area contributed by atoms with Crippen molar-refractivity contribution in [3.63, 3.8) is 0 Å². The highest BCUT2D eigenvalue weighted by atomic mass is 19.1. The van der Waals surface area contributed by atoms with Crippen LogP contribution in [0.5, 0.6) is 0 Å². The Balaban J connectivity index is 1.49. The molecule has 0 radical (unpaired) electrons. The Bertz CT molecular complexity index is 847. The van der Waals surface area contributed by atoms with E-state index < -0.39 is 5.41 Å². The molecule has 4 rings (SSSR count). The second-order valence-electron chi connectivity index (χ2n) is 8.41. The first kappa shape index (κ1) is 20.9. The highest BCUT2D eigenvalue weighted by Crippen LogP contribution is 2.36. The number of aromatic nitrogens is 1. The predicted molar refractivity (Wildman–Crippen MR) is 112 cm³/mol. The predicted octanol–water partition coefficient (Wildman–Crippen LogP) is 3.77. The molecule has 2 aromatic rings. The third-order valence-electron chi connectivity index (χ3n) is 6.31. The van der Waals surface area contributed by atoms with E-state index in [1.54, 1.807) is 18.5 Å². The first-order chi connectivity index (χ1) is 14.7. The van der Waals surface area contributed by atoms with Gasteiger partial charge in [0.15, 0.2) is 0 Å². The van der Waals surface area contributed by atoms with Crippen molar-refractivity contribution in [1.82, 2.24) is 10.3 Å². The average molecular weight is 413 g/mol. The van der Waals surface area contributed by atoms with E-state index in [-0.39, 0.29) is 11.7 Å². The SMILES string of the molecule is O=C(NCC1CCCOC1)C1(Cc2ccc(-c3cccnc3)cc2F)CCOCC1. The largest absolute Gasteiger partial charge is 0.381 e. The van der Waals surface area contributed by atoms with Crippen LogP contribution in [0.15, 0.2) is 42.7 Å². The molecular weight excluding hydrogens is 383 g/mol. The molecule has 0 aliphatic carbocycles. The number of ether oxygens (including phenoxy) is 2. The number of benzene rings is 1. The van der Waals surface area contributed by atoms with Crippen LogP contribution in [0.25, 0.3) is 11.1 Å². The van der Waals surface area contributed by atoms with Gasteiger partial charge in [-0.05, 0) is 61.3 Å². The number of amides is 1. The zero-order valence-corrected chi connectivity index (χ0v) is 17.2. The lowest BCUT2D eigenvalue weighted by atomic mass is 9.74. The van der Waals surface area contributed by atoms with Crippen molar-refractivity contribution in [3.05, 3.63) is 54.1 Å². The first-order valence-corrected chi connectivity index (χ1v) is 10.8. The van der Waals surface area contributed by atoms with Crippen molar-refractivity contribution in [2.24, 2.45) is 11.3 Å². The van der Waals surface area contributed by atoms with E-state index in [1.807, 2.05) is 18.2 Å². The van der Waals surface area contributed by atoms with Gasteiger partial charge in [0.1, 0.15) is 5.82 Å². The van der Waals surface area contributed by atoms with Crippen LogP contribution in [-0.4, -0.2) is 43.9 Å². The highest BCUT2D eigenvalue weighted by molar-refractivity contribution is 5.83. The maximum Gasteiger partial charge on any atom is 0.226 e. The average Bonchev–Trinajstić information content (AvgIpc) is 2.80. The van der Waals surface area contributed by atoms with Gasteiger partial charge >= 0.3 is 0 Å². The normalized spacial score (nSPS) is 21.2. The minimum atomic E-state index is -0.634. The minimum Gasteiger partial charge on any atom is -0.381 e. The Labute approximate surface area is 177 Å². The van der Waals surface area contributed by atoms with Crippen molar-refractivity contribution >= 4 is 5.91 Å². The number of rotatable bonds is 6. The number of nitrogens with zero attached hydrogens (tertiary/aromatic N) is 1. The van der Waals surface area contributed by atoms with Gasteiger partial charge in [-0.1, -0.05) is 18.2 Å². The van der Waals surface area contributed by atoms with Crippen LogP contribution in [0.3, 0.4) is 0 Å². The maximum absolute atomic E-state index is 15.0. The van der Waals surface area contributed by atoms with Crippen LogP contribution < -0.4 is 5.32 Å². The molecule has 2 aliphatic heterocycles. The van der Waals surface area contributed by atoms with Gasteiger partial charge in [-0.2, -0.15) is 0 Å². The summed E-state index contributed by atoms with van der Waals surface area (Å²) in [4.78, 5) is 17.3. The Kier molecular flexibility index (Phi) is 6.75. The zero-order chi connectivity index (χ0) is 20.8. The highest BCUT2D eigenvalue weighted by Gasteiger charge is 2.40. The fourth-order valence-electron chi connectivity index (χ4n) is 4.41. The quantitative estimate of drug-likeness (QED) is 0.785. The van der Waals surface area contributed by atoms with Crippen molar-refractivity contribution in [1.29, 1.82) is 0 Å². The van der Waals surface area contributed by atoms with Gasteiger partial charge < -0.3 is 14.8 Å². The zero-order valence-electron chi connectivity index (χ0n) is 17.2. The fraction of sp³-hybridized carbons (Fsp3) is 0.500. The first-order valence-electron chi connectivity index (χ1n) is 10.8. The Hall–Kier alpha value is -2.31. The van der Waals surface area contributed by atoms with E-state index in [0.717, 1.165) is 30.6 Å². The number of pyridine rings is 1. The number of halogens is 1. The number of carbonyl (C=O) groups excluding carboxylic acids is 1. The molecule has 30 heavy (non-hydrogen) atoms. The van der Waals surface area contributed by atoms with E-state index in [2.05, 4.69) is 10.3 Å². The molecule has 0 spiro atoms. The van der Waals surface area contributed by atoms with Crippen LogP contribution in [0.2, 0.25) is 0 Å². The second kappa shape index (κ2) is 9.67. The number of nitrogens with one attached hydrogen (secondary N) is 1. The molecule has 2 saturated heterocycles. The summed E-state index contributed by atoms with van der Waals surface area (Å²) >= 11 is 0. The molecule has 0 saturated carbocycles. The maximum atomic E-state index is 15.0. The van der Waals surface area contributed by atoms with Gasteiger partial charge in [-0.25, -0.2) is 4.39 Å². The topological polar surface area (TPSA) is 60.5 Å². The summed E-state index contributed by atoms with van der Waals surface area (Å²) < 4.78 is 26.0. The summed E-state index contributed by atoms with van der Waals surface area (Å²) in [6, 6.07) is 8.98. The van der Waals surface area contributed by atoms with Crippen molar-refractivity contribution < 1.29 is 18.7 Å². The van der Waals surface area contributed by atoms with Gasteiger partial charge in [0.2, 0.25) is 5.91 Å². The Morgan fingerprint density at radius 2 is 2.03 bits per heavy atom. The minimum absolute atomic E-state index is 0.00658. The van der Waals surface area contributed by atoms with Crippen LogP contribution in [0.1, 0.15) is 31.2 Å². The van der Waals surface area contributed by atoms with Gasteiger partial charge in [-0.15, -0.1) is 0 Å². The van der Waals surface area contributed by atoms with Crippen LogP contribution >= 0.6 is 0 Å². The van der Waals surface area contributed by atoms with Gasteiger partial charge in [0, 0.05) is 44.3 Å². The Morgan fingerprint density at radius 3 is 2.73 bits per heavy atom. The summed E-state index contributed by atoms with van der Waals surface area (Å²) in [6.45, 7) is 3.16. The Morgan fingerprint density at radius 1 is 1.17 bits per heavy atom. The van der Waals surface area contributed by atoms with Gasteiger partial charge in [0.25, 0.3) is 0 Å². The van der Waals surface area contributed by atoms with Crippen LogP contribution in [0, 0.1) is 17.2 Å². The summed E-state index contributed by atoms with van der Waals surface area (Å²) in [5.41, 5.74) is 1.59. The fourth-order valence-corrected chi connectivity index (χ4v) is 4.41. The molecule has 160 valence electrons. The van der Waals surface area contributed by atoms with Crippen molar-refractivity contribution in [3.8, 4) is 11.1 Å². The lowest BCUT2D eigenvalue weighted by Gasteiger charge is -2.36. The molecule has 3 heterocycles. The van der Waals surface area contributed by atoms with Crippen molar-refractivity contribution in [2.75, 3.05) is 33.0 Å². The molecule has 0 bridgehead atoms. The molecular formula is C24H29FN2O3. The summed E-state index contributed by atoms with van der Waals surface area (Å²) in [5, 5.41) is 3.13. The van der Waals surface area contributed by atoms with Crippen molar-refractivity contribution in [2.45, 2.75) is 32.1 Å². The molecule has 1 atom stereocenters. The summed E-state index contributed by atoms with van der Waals surface area (Å²) in [7, 11) is 0. The lowest BCUT2D eigenvalue weighted by molar-refractivity contribution is -0.137. The molecule has 2 fully saturated rings. The molecule has 1 aromatic carbocycles. The van der Waals surface area contributed by atoms with E-state index in [1.165, 1.54) is 6.07 Å². The third-order valence-corrected chi connectivity index (χ3v) is 6.31. The smallest absolute Gasteiger partial charge is 0.226 e. The van der Waals surface area contributed by atoms with E-state index in [0.29, 0.717) is 57.1 Å².